The normalized spacial score (nSPS) is 13.0. The predicted octanol–water partition coefficient (Wildman–Crippen LogP) is 4.81. The topological polar surface area (TPSA) is 68.3 Å². The zero-order valence-corrected chi connectivity index (χ0v) is 19.3. The molecule has 0 saturated heterocycles. The van der Waals surface area contributed by atoms with E-state index in [-0.39, 0.29) is 9.79 Å². The van der Waals surface area contributed by atoms with Gasteiger partial charge in [0.1, 0.15) is 0 Å². The van der Waals surface area contributed by atoms with E-state index in [4.69, 9.17) is 0 Å². The van der Waals surface area contributed by atoms with Gasteiger partial charge in [0.15, 0.2) is 9.84 Å². The quantitative estimate of drug-likeness (QED) is 0.487. The van der Waals surface area contributed by atoms with Crippen LogP contribution in [0.4, 0.5) is 0 Å². The van der Waals surface area contributed by atoms with Gasteiger partial charge < -0.3 is 0 Å². The molecule has 10 heteroatoms. The molecular formula is C14H11Br3O4S3. The van der Waals surface area contributed by atoms with Crippen molar-refractivity contribution >= 4 is 79.2 Å². The van der Waals surface area contributed by atoms with Gasteiger partial charge in [-0.1, -0.05) is 11.8 Å². The van der Waals surface area contributed by atoms with E-state index in [9.17, 15) is 16.8 Å². The number of sulfone groups is 2. The lowest BCUT2D eigenvalue weighted by Crippen LogP contribution is -2.17. The lowest BCUT2D eigenvalue weighted by atomic mass is 10.4. The summed E-state index contributed by atoms with van der Waals surface area (Å²) in [5.74, 6) is 0. The number of halogens is 3. The SMILES string of the molecule is CS(=O)(=O)c1ccc(Sc2ccc(S(=O)(=O)C(Br)(Br)Br)cc2)cc1. The summed E-state index contributed by atoms with van der Waals surface area (Å²) in [5, 5.41) is 0. The highest BCUT2D eigenvalue weighted by Crippen LogP contribution is 2.43. The van der Waals surface area contributed by atoms with Crippen LogP contribution in [0, 0.1) is 0 Å². The van der Waals surface area contributed by atoms with Gasteiger partial charge in [-0.25, -0.2) is 16.8 Å². The third kappa shape index (κ3) is 4.85. The van der Waals surface area contributed by atoms with E-state index >= 15 is 0 Å². The molecule has 0 fully saturated rings. The second kappa shape index (κ2) is 7.40. The van der Waals surface area contributed by atoms with Crippen molar-refractivity contribution in [2.75, 3.05) is 6.26 Å². The molecule has 0 aliphatic rings. The van der Waals surface area contributed by atoms with Gasteiger partial charge in [-0.15, -0.1) is 0 Å². The maximum atomic E-state index is 12.3. The van der Waals surface area contributed by atoms with Crippen LogP contribution < -0.4 is 0 Å². The largest absolute Gasteiger partial charge is 0.239 e. The maximum absolute atomic E-state index is 12.3. The summed E-state index contributed by atoms with van der Waals surface area (Å²) in [6.07, 6.45) is 1.16. The van der Waals surface area contributed by atoms with Crippen molar-refractivity contribution in [3.8, 4) is 0 Å². The van der Waals surface area contributed by atoms with E-state index in [0.717, 1.165) is 16.0 Å². The molecule has 4 nitrogen and oxygen atoms in total. The maximum Gasteiger partial charge on any atom is 0.239 e. The van der Waals surface area contributed by atoms with E-state index in [1.807, 2.05) is 0 Å². The predicted molar refractivity (Wildman–Crippen MR) is 107 cm³/mol. The zero-order chi connectivity index (χ0) is 18.2. The molecule has 0 heterocycles. The van der Waals surface area contributed by atoms with Gasteiger partial charge in [0, 0.05) is 16.0 Å². The Morgan fingerprint density at radius 3 is 1.46 bits per heavy atom. The van der Waals surface area contributed by atoms with Crippen molar-refractivity contribution in [1.82, 2.24) is 0 Å². The summed E-state index contributed by atoms with van der Waals surface area (Å²) in [5.41, 5.74) is 0. The van der Waals surface area contributed by atoms with Crippen LogP contribution in [0.3, 0.4) is 0 Å². The van der Waals surface area contributed by atoms with Crippen molar-refractivity contribution < 1.29 is 16.8 Å². The number of hydrogen-bond donors (Lipinski definition) is 0. The molecule has 2 aromatic carbocycles. The van der Waals surface area contributed by atoms with E-state index < -0.39 is 21.1 Å². The van der Waals surface area contributed by atoms with Crippen LogP contribution in [0.2, 0.25) is 0 Å². The van der Waals surface area contributed by atoms with Crippen LogP contribution in [-0.2, 0) is 19.7 Å². The molecule has 0 N–H and O–H groups in total. The van der Waals surface area contributed by atoms with Gasteiger partial charge in [0.2, 0.25) is 11.3 Å². The molecule has 0 bridgehead atoms. The molecule has 0 radical (unpaired) electrons. The molecule has 24 heavy (non-hydrogen) atoms. The number of hydrogen-bond acceptors (Lipinski definition) is 5. The molecule has 0 aromatic heterocycles. The molecule has 0 aliphatic heterocycles. The average Bonchev–Trinajstić information content (AvgIpc) is 2.46. The number of rotatable bonds is 4. The summed E-state index contributed by atoms with van der Waals surface area (Å²) >= 11 is 10.5. The third-order valence-corrected chi connectivity index (χ3v) is 10.4. The fourth-order valence-corrected chi connectivity index (χ4v) is 5.60. The van der Waals surface area contributed by atoms with Gasteiger partial charge >= 0.3 is 0 Å². The van der Waals surface area contributed by atoms with Gasteiger partial charge in [0.05, 0.1) is 9.79 Å². The van der Waals surface area contributed by atoms with Gasteiger partial charge in [-0.05, 0) is 96.3 Å². The van der Waals surface area contributed by atoms with Crippen LogP contribution in [0.1, 0.15) is 0 Å². The highest BCUT2D eigenvalue weighted by Gasteiger charge is 2.37. The van der Waals surface area contributed by atoms with Crippen LogP contribution in [0.25, 0.3) is 0 Å². The molecule has 0 unspecified atom stereocenters. The fourth-order valence-electron chi connectivity index (χ4n) is 1.71. The molecule has 130 valence electrons. The Balaban J connectivity index is 2.21. The Hall–Kier alpha value is 0.130. The van der Waals surface area contributed by atoms with Crippen LogP contribution in [0.15, 0.2) is 68.1 Å². The molecular weight excluding hydrogens is 568 g/mol. The van der Waals surface area contributed by atoms with Gasteiger partial charge in [-0.2, -0.15) is 0 Å². The van der Waals surface area contributed by atoms with Crippen molar-refractivity contribution in [3.63, 3.8) is 0 Å². The third-order valence-electron chi connectivity index (χ3n) is 2.93. The van der Waals surface area contributed by atoms with E-state index in [1.165, 1.54) is 23.9 Å². The second-order valence-electron chi connectivity index (χ2n) is 4.77. The van der Waals surface area contributed by atoms with Gasteiger partial charge in [-0.3, -0.25) is 0 Å². The first-order chi connectivity index (χ1) is 10.9. The first kappa shape index (κ1) is 20.4. The fraction of sp³-hybridized carbons (Fsp3) is 0.143. The number of alkyl halides is 3. The van der Waals surface area contributed by atoms with E-state index in [1.54, 1.807) is 36.4 Å². The summed E-state index contributed by atoms with van der Waals surface area (Å²) in [4.78, 5) is 2.11. The van der Waals surface area contributed by atoms with Crippen molar-refractivity contribution in [2.45, 2.75) is 21.1 Å². The Labute approximate surface area is 170 Å². The minimum atomic E-state index is -3.61. The Morgan fingerprint density at radius 1 is 0.750 bits per heavy atom. The van der Waals surface area contributed by atoms with Crippen LogP contribution >= 0.6 is 59.6 Å². The summed E-state index contributed by atoms with van der Waals surface area (Å²) in [6, 6.07) is 12.9. The second-order valence-corrected chi connectivity index (χ2v) is 18.4. The summed E-state index contributed by atoms with van der Waals surface area (Å²) in [6.45, 7) is 0. The molecule has 0 amide bonds. The Bertz CT molecular complexity index is 930. The minimum Gasteiger partial charge on any atom is -0.224 e. The van der Waals surface area contributed by atoms with Crippen molar-refractivity contribution in [2.24, 2.45) is 0 Å². The highest BCUT2D eigenvalue weighted by molar-refractivity contribution is 9.42. The Kier molecular flexibility index (Phi) is 6.30. The zero-order valence-electron chi connectivity index (χ0n) is 12.1. The van der Waals surface area contributed by atoms with Crippen LogP contribution in [0.5, 0.6) is 0 Å². The van der Waals surface area contributed by atoms with E-state index in [2.05, 4.69) is 47.8 Å². The molecule has 0 aliphatic carbocycles. The lowest BCUT2D eigenvalue weighted by molar-refractivity contribution is 0.598. The molecule has 0 saturated carbocycles. The molecule has 0 spiro atoms. The molecule has 2 aromatic rings. The van der Waals surface area contributed by atoms with E-state index in [0.29, 0.717) is 0 Å². The van der Waals surface area contributed by atoms with Crippen molar-refractivity contribution in [3.05, 3.63) is 48.5 Å². The van der Waals surface area contributed by atoms with Crippen LogP contribution in [-0.4, -0.2) is 24.6 Å². The standard InChI is InChI=1S/C14H11Br3O4S3/c1-23(18,19)12-6-2-10(3-7-12)22-11-4-8-13(9-5-11)24(20,21)14(15,16)17/h2-9H,1H3. The molecule has 2 rings (SSSR count). The van der Waals surface area contributed by atoms with Gasteiger partial charge in [0.25, 0.3) is 0 Å². The first-order valence-electron chi connectivity index (χ1n) is 6.31. The molecule has 0 atom stereocenters. The monoisotopic (exact) mass is 576 g/mol. The summed E-state index contributed by atoms with van der Waals surface area (Å²) < 4.78 is 46.0. The average molecular weight is 579 g/mol. The summed E-state index contributed by atoms with van der Waals surface area (Å²) in [7, 11) is -6.83. The highest BCUT2D eigenvalue weighted by atomic mass is 80.0. The van der Waals surface area contributed by atoms with Crippen molar-refractivity contribution in [1.29, 1.82) is 0 Å². The lowest BCUT2D eigenvalue weighted by Gasteiger charge is -2.13. The smallest absolute Gasteiger partial charge is 0.224 e. The first-order valence-corrected chi connectivity index (χ1v) is 12.9. The minimum absolute atomic E-state index is 0.157. The Morgan fingerprint density at radius 2 is 1.12 bits per heavy atom. The number of benzene rings is 2.